The van der Waals surface area contributed by atoms with Gasteiger partial charge in [0.2, 0.25) is 10.0 Å². The maximum Gasteiger partial charge on any atom is 0.282 e. The lowest BCUT2D eigenvalue weighted by atomic mass is 10.1. The zero-order valence-corrected chi connectivity index (χ0v) is 26.2. The Morgan fingerprint density at radius 2 is 1.53 bits per heavy atom. The van der Waals surface area contributed by atoms with E-state index in [1.807, 2.05) is 60.7 Å². The topological polar surface area (TPSA) is 107 Å². The third-order valence-corrected chi connectivity index (χ3v) is 12.2. The Kier molecular flexibility index (Phi) is 10.2. The molecule has 11 heteroatoms. The lowest BCUT2D eigenvalue weighted by molar-refractivity contribution is 0.111. The molecule has 1 aliphatic heterocycles. The van der Waals surface area contributed by atoms with E-state index in [2.05, 4.69) is 0 Å². The molecule has 3 aromatic carbocycles. The monoisotopic (exact) mass is 627 g/mol. The predicted molar refractivity (Wildman–Crippen MR) is 166 cm³/mol. The minimum atomic E-state index is -3.95. The van der Waals surface area contributed by atoms with Crippen LogP contribution in [-0.2, 0) is 33.2 Å². The molecule has 2 fully saturated rings. The van der Waals surface area contributed by atoms with Crippen molar-refractivity contribution in [2.24, 2.45) is 5.92 Å². The Morgan fingerprint density at radius 1 is 0.930 bits per heavy atom. The van der Waals surface area contributed by atoms with Crippen LogP contribution in [0.4, 0.5) is 0 Å². The first kappa shape index (κ1) is 31.6. The number of methoxy groups -OCH3 is 1. The van der Waals surface area contributed by atoms with Crippen LogP contribution < -0.4 is 4.74 Å². The zero-order valence-electron chi connectivity index (χ0n) is 24.5. The van der Waals surface area contributed by atoms with Crippen LogP contribution in [0.5, 0.6) is 5.75 Å². The number of hydrogen-bond donors (Lipinski definition) is 1. The summed E-state index contributed by atoms with van der Waals surface area (Å²) < 4.78 is 64.7. The summed E-state index contributed by atoms with van der Waals surface area (Å²) in [5, 5.41) is 11.4. The van der Waals surface area contributed by atoms with Gasteiger partial charge in [-0.05, 0) is 60.6 Å². The van der Waals surface area contributed by atoms with Crippen molar-refractivity contribution in [2.75, 3.05) is 33.3 Å². The number of β-amino-alcohol motifs (C(OH)–C–C–N with tert-alkyl or cyclic N) is 1. The second-order valence-corrected chi connectivity index (χ2v) is 15.3. The maximum atomic E-state index is 13.9. The van der Waals surface area contributed by atoms with E-state index in [9.17, 15) is 21.9 Å². The first-order valence-corrected chi connectivity index (χ1v) is 17.7. The van der Waals surface area contributed by atoms with Gasteiger partial charge in [0.15, 0.2) is 0 Å². The molecule has 2 atom stereocenters. The summed E-state index contributed by atoms with van der Waals surface area (Å²) in [6.07, 6.45) is 3.22. The van der Waals surface area contributed by atoms with Crippen LogP contribution in [0.25, 0.3) is 0 Å². The fourth-order valence-electron chi connectivity index (χ4n) is 6.13. The summed E-state index contributed by atoms with van der Waals surface area (Å²) in [6.45, 7) is 0.374. The first-order chi connectivity index (χ1) is 20.7. The van der Waals surface area contributed by atoms with E-state index in [1.165, 1.54) is 32.2 Å². The van der Waals surface area contributed by atoms with Crippen molar-refractivity contribution in [3.63, 3.8) is 0 Å². The van der Waals surface area contributed by atoms with E-state index in [0.717, 1.165) is 36.8 Å². The molecular weight excluding hydrogens is 587 g/mol. The van der Waals surface area contributed by atoms with Crippen molar-refractivity contribution in [3.8, 4) is 5.75 Å². The quantitative estimate of drug-likeness (QED) is 0.308. The van der Waals surface area contributed by atoms with Gasteiger partial charge in [0, 0.05) is 38.8 Å². The highest BCUT2D eigenvalue weighted by Crippen LogP contribution is 2.30. The molecule has 1 N–H and O–H groups in total. The average Bonchev–Trinajstić information content (AvgIpc) is 3.60. The molecular formula is C32H41N3O6S2. The van der Waals surface area contributed by atoms with Gasteiger partial charge in [-0.25, -0.2) is 8.42 Å². The van der Waals surface area contributed by atoms with Crippen molar-refractivity contribution in [2.45, 2.75) is 55.7 Å². The number of sulfonamides is 1. The number of aliphatic hydroxyl groups is 1. The van der Waals surface area contributed by atoms with Gasteiger partial charge in [0.05, 0.1) is 18.1 Å². The van der Waals surface area contributed by atoms with Crippen LogP contribution in [0.3, 0.4) is 0 Å². The summed E-state index contributed by atoms with van der Waals surface area (Å²) in [7, 11) is -6.35. The Labute approximate surface area is 255 Å². The standard InChI is InChI=1S/C32H41N3O6S2/c1-41-31-16-18-32(19-17-31)42(37,38)33(21-27-14-8-9-15-27)24-30(36)25-35-29(20-26-10-4-2-5-11-26)23-34(43(35,39)40)22-28-12-6-3-7-13-28/h2-7,10-13,16-19,27,29-30,36H,8-9,14-15,20-25H2,1H3/t29-,30?/m0/s1. The van der Waals surface area contributed by atoms with Crippen molar-refractivity contribution in [3.05, 3.63) is 96.1 Å². The van der Waals surface area contributed by atoms with Crippen LogP contribution in [0.2, 0.25) is 0 Å². The van der Waals surface area contributed by atoms with Gasteiger partial charge in [0.1, 0.15) is 5.75 Å². The maximum absolute atomic E-state index is 13.9. The fraction of sp³-hybridized carbons (Fsp3) is 0.438. The van der Waals surface area contributed by atoms with Crippen molar-refractivity contribution in [1.82, 2.24) is 12.9 Å². The van der Waals surface area contributed by atoms with Crippen molar-refractivity contribution >= 4 is 20.2 Å². The molecule has 0 spiro atoms. The molecule has 0 aromatic heterocycles. The molecule has 5 rings (SSSR count). The molecule has 2 aliphatic rings. The Bertz CT molecular complexity index is 1530. The van der Waals surface area contributed by atoms with Crippen LogP contribution in [0.1, 0.15) is 36.8 Å². The minimum Gasteiger partial charge on any atom is -0.497 e. The number of hydrogen-bond acceptors (Lipinski definition) is 6. The highest BCUT2D eigenvalue weighted by molar-refractivity contribution is 7.89. The number of nitrogens with zero attached hydrogens (tertiary/aromatic N) is 3. The van der Waals surface area contributed by atoms with E-state index >= 15 is 0 Å². The Morgan fingerprint density at radius 3 is 2.14 bits per heavy atom. The minimum absolute atomic E-state index is 0.114. The Hall–Kier alpha value is -2.80. The van der Waals surface area contributed by atoms with E-state index in [0.29, 0.717) is 12.2 Å². The first-order valence-electron chi connectivity index (χ1n) is 14.8. The summed E-state index contributed by atoms with van der Waals surface area (Å²) in [4.78, 5) is 0.114. The largest absolute Gasteiger partial charge is 0.497 e. The van der Waals surface area contributed by atoms with E-state index in [1.54, 1.807) is 12.1 Å². The van der Waals surface area contributed by atoms with E-state index in [-0.39, 0.29) is 43.5 Å². The van der Waals surface area contributed by atoms with Gasteiger partial charge in [0.25, 0.3) is 10.2 Å². The molecule has 1 unspecified atom stereocenters. The van der Waals surface area contributed by atoms with E-state index < -0.39 is 32.4 Å². The molecule has 1 saturated heterocycles. The lowest BCUT2D eigenvalue weighted by Crippen LogP contribution is -2.47. The molecule has 0 radical (unpaired) electrons. The molecule has 0 bridgehead atoms. The fourth-order valence-corrected chi connectivity index (χ4v) is 9.54. The summed E-state index contributed by atoms with van der Waals surface area (Å²) >= 11 is 0. The predicted octanol–water partition coefficient (Wildman–Crippen LogP) is 3.91. The van der Waals surface area contributed by atoms with Crippen LogP contribution >= 0.6 is 0 Å². The number of aliphatic hydroxyl groups excluding tert-OH is 1. The van der Waals surface area contributed by atoms with Gasteiger partial charge in [-0.2, -0.15) is 21.3 Å². The normalized spacial score (nSPS) is 20.5. The van der Waals surface area contributed by atoms with Gasteiger partial charge in [-0.15, -0.1) is 0 Å². The second-order valence-electron chi connectivity index (χ2n) is 11.5. The molecule has 9 nitrogen and oxygen atoms in total. The van der Waals surface area contributed by atoms with Gasteiger partial charge in [-0.1, -0.05) is 73.5 Å². The molecule has 3 aromatic rings. The second kappa shape index (κ2) is 13.9. The smallest absolute Gasteiger partial charge is 0.282 e. The molecule has 43 heavy (non-hydrogen) atoms. The highest BCUT2D eigenvalue weighted by atomic mass is 32.2. The summed E-state index contributed by atoms with van der Waals surface area (Å²) in [5.74, 6) is 0.744. The highest BCUT2D eigenvalue weighted by Gasteiger charge is 2.45. The molecule has 1 saturated carbocycles. The van der Waals surface area contributed by atoms with Gasteiger partial charge < -0.3 is 9.84 Å². The number of ether oxygens (including phenoxy) is 1. The SMILES string of the molecule is COc1ccc(S(=O)(=O)N(CC(O)CN2[C@@H](Cc3ccccc3)CN(Cc3ccccc3)S2(=O)=O)CC2CCCC2)cc1. The van der Waals surface area contributed by atoms with Crippen LogP contribution in [0, 0.1) is 5.92 Å². The lowest BCUT2D eigenvalue weighted by Gasteiger charge is -2.30. The number of rotatable bonds is 13. The number of benzene rings is 3. The third-order valence-electron chi connectivity index (χ3n) is 8.40. The zero-order chi connectivity index (χ0) is 30.5. The van der Waals surface area contributed by atoms with Gasteiger partial charge >= 0.3 is 0 Å². The van der Waals surface area contributed by atoms with Gasteiger partial charge in [-0.3, -0.25) is 0 Å². The summed E-state index contributed by atoms with van der Waals surface area (Å²) in [5.41, 5.74) is 1.87. The third kappa shape index (κ3) is 7.65. The molecule has 232 valence electrons. The van der Waals surface area contributed by atoms with E-state index in [4.69, 9.17) is 4.74 Å². The van der Waals surface area contributed by atoms with Crippen molar-refractivity contribution < 1.29 is 26.7 Å². The van der Waals surface area contributed by atoms with Crippen molar-refractivity contribution in [1.29, 1.82) is 0 Å². The van der Waals surface area contributed by atoms with Crippen LogP contribution in [-0.4, -0.2) is 80.3 Å². The molecule has 1 aliphatic carbocycles. The summed E-state index contributed by atoms with van der Waals surface area (Å²) in [6, 6.07) is 24.9. The molecule has 0 amide bonds. The Balaban J connectivity index is 1.38. The average molecular weight is 628 g/mol. The molecule has 1 heterocycles. The van der Waals surface area contributed by atoms with Crippen LogP contribution in [0.15, 0.2) is 89.8 Å².